The second-order valence-corrected chi connectivity index (χ2v) is 7.78. The van der Waals surface area contributed by atoms with Gasteiger partial charge in [-0.2, -0.15) is 4.68 Å². The lowest BCUT2D eigenvalue weighted by Crippen LogP contribution is -2.43. The van der Waals surface area contributed by atoms with Gasteiger partial charge in [-0.05, 0) is 43.5 Å². The van der Waals surface area contributed by atoms with Crippen molar-refractivity contribution in [3.63, 3.8) is 0 Å². The van der Waals surface area contributed by atoms with Crippen LogP contribution in [0.15, 0.2) is 21.7 Å². The minimum atomic E-state index is -3.77. The monoisotopic (exact) mass is 369 g/mol. The number of aryl methyl sites for hydroxylation is 1. The number of ether oxygens (including phenoxy) is 1. The van der Waals surface area contributed by atoms with E-state index >= 15 is 0 Å². The lowest BCUT2D eigenvalue weighted by atomic mass is 10.0. The molecule has 8 nitrogen and oxygen atoms in total. The minimum absolute atomic E-state index is 0.210. The molecule has 1 heterocycles. The molecule has 0 aliphatic heterocycles. The number of rotatable bonds is 7. The molecule has 0 aliphatic rings. The lowest BCUT2D eigenvalue weighted by Gasteiger charge is -2.17. The van der Waals surface area contributed by atoms with Gasteiger partial charge in [0.1, 0.15) is 0 Å². The maximum atomic E-state index is 12.5. The number of benzene rings is 1. The van der Waals surface area contributed by atoms with Crippen molar-refractivity contribution in [2.45, 2.75) is 39.7 Å². The summed E-state index contributed by atoms with van der Waals surface area (Å²) in [7, 11) is -3.77. The SMILES string of the molecule is CCCCOC(C)c1cc2c(=O)n(NS(C)(=O)=O)c(=O)[nH]c2cc1C. The van der Waals surface area contributed by atoms with Crippen molar-refractivity contribution in [2.24, 2.45) is 0 Å². The van der Waals surface area contributed by atoms with Crippen LogP contribution in [0.2, 0.25) is 0 Å². The minimum Gasteiger partial charge on any atom is -0.374 e. The number of unbranched alkanes of at least 4 members (excludes halogenated alkanes) is 1. The number of fused-ring (bicyclic) bond motifs is 1. The van der Waals surface area contributed by atoms with Crippen LogP contribution < -0.4 is 16.1 Å². The molecule has 0 saturated carbocycles. The molecule has 138 valence electrons. The van der Waals surface area contributed by atoms with Crippen LogP contribution in [-0.2, 0) is 14.8 Å². The van der Waals surface area contributed by atoms with E-state index in [4.69, 9.17) is 4.74 Å². The highest BCUT2D eigenvalue weighted by Gasteiger charge is 2.15. The first kappa shape index (κ1) is 19.2. The Morgan fingerprint density at radius 1 is 1.32 bits per heavy atom. The molecule has 0 radical (unpaired) electrons. The van der Waals surface area contributed by atoms with Gasteiger partial charge >= 0.3 is 5.69 Å². The molecule has 0 saturated heterocycles. The first-order chi connectivity index (χ1) is 11.6. The number of nitrogens with zero attached hydrogens (tertiary/aromatic N) is 1. The molecule has 2 aromatic rings. The Morgan fingerprint density at radius 3 is 2.60 bits per heavy atom. The van der Waals surface area contributed by atoms with Gasteiger partial charge in [0.05, 0.1) is 23.3 Å². The zero-order chi connectivity index (χ0) is 18.8. The summed E-state index contributed by atoms with van der Waals surface area (Å²) < 4.78 is 29.0. The molecule has 1 aromatic carbocycles. The summed E-state index contributed by atoms with van der Waals surface area (Å²) in [5.41, 5.74) is 0.469. The summed E-state index contributed by atoms with van der Waals surface area (Å²) in [5, 5.41) is 0.210. The standard InChI is InChI=1S/C16H23N3O5S/c1-5-6-7-24-11(3)12-9-13-14(8-10(12)2)17-16(21)19(15(13)20)18-25(4,22)23/h8-9,11,18H,5-7H2,1-4H3,(H,17,21). The molecule has 0 fully saturated rings. The van der Waals surface area contributed by atoms with Gasteiger partial charge in [0.15, 0.2) is 0 Å². The third-order valence-electron chi connectivity index (χ3n) is 3.85. The van der Waals surface area contributed by atoms with Crippen molar-refractivity contribution in [3.8, 4) is 0 Å². The first-order valence-electron chi connectivity index (χ1n) is 8.03. The number of sulfonamides is 1. The summed E-state index contributed by atoms with van der Waals surface area (Å²) in [6.07, 6.45) is 2.61. The van der Waals surface area contributed by atoms with Gasteiger partial charge in [-0.25, -0.2) is 18.0 Å². The Morgan fingerprint density at radius 2 is 2.00 bits per heavy atom. The van der Waals surface area contributed by atoms with Crippen LogP contribution in [0.3, 0.4) is 0 Å². The summed E-state index contributed by atoms with van der Waals surface area (Å²) in [6.45, 7) is 6.44. The lowest BCUT2D eigenvalue weighted by molar-refractivity contribution is 0.0634. The van der Waals surface area contributed by atoms with Gasteiger partial charge in [-0.3, -0.25) is 4.79 Å². The van der Waals surface area contributed by atoms with E-state index in [9.17, 15) is 18.0 Å². The summed E-state index contributed by atoms with van der Waals surface area (Å²) in [5.74, 6) is 0. The van der Waals surface area contributed by atoms with E-state index in [1.165, 1.54) is 0 Å². The molecular formula is C16H23N3O5S. The van der Waals surface area contributed by atoms with Crippen LogP contribution in [0.5, 0.6) is 0 Å². The highest BCUT2D eigenvalue weighted by Crippen LogP contribution is 2.24. The molecule has 1 unspecified atom stereocenters. The molecule has 25 heavy (non-hydrogen) atoms. The van der Waals surface area contributed by atoms with Crippen molar-refractivity contribution in [1.29, 1.82) is 0 Å². The third kappa shape index (κ3) is 4.49. The Bertz CT molecular complexity index is 991. The molecule has 1 aromatic heterocycles. The zero-order valence-corrected chi connectivity index (χ0v) is 15.6. The maximum absolute atomic E-state index is 12.5. The molecule has 0 spiro atoms. The highest BCUT2D eigenvalue weighted by molar-refractivity contribution is 7.91. The summed E-state index contributed by atoms with van der Waals surface area (Å²) in [4.78, 5) is 29.0. The van der Waals surface area contributed by atoms with E-state index in [1.807, 2.05) is 18.7 Å². The van der Waals surface area contributed by atoms with Crippen LogP contribution in [-0.4, -0.2) is 30.9 Å². The largest absolute Gasteiger partial charge is 0.374 e. The molecule has 0 aliphatic carbocycles. The number of nitrogens with one attached hydrogen (secondary N) is 2. The van der Waals surface area contributed by atoms with E-state index in [0.717, 1.165) is 30.2 Å². The molecule has 2 N–H and O–H groups in total. The van der Waals surface area contributed by atoms with E-state index < -0.39 is 21.3 Å². The number of aromatic amines is 1. The maximum Gasteiger partial charge on any atom is 0.348 e. The van der Waals surface area contributed by atoms with Crippen molar-refractivity contribution >= 4 is 20.9 Å². The first-order valence-corrected chi connectivity index (χ1v) is 9.92. The normalized spacial score (nSPS) is 13.1. The van der Waals surface area contributed by atoms with E-state index in [0.29, 0.717) is 16.8 Å². The average Bonchev–Trinajstić information content (AvgIpc) is 2.50. The van der Waals surface area contributed by atoms with E-state index in [-0.39, 0.29) is 11.5 Å². The van der Waals surface area contributed by atoms with Crippen molar-refractivity contribution in [2.75, 3.05) is 17.7 Å². The van der Waals surface area contributed by atoms with Gasteiger partial charge in [0.25, 0.3) is 5.56 Å². The fourth-order valence-corrected chi connectivity index (χ4v) is 3.07. The smallest absolute Gasteiger partial charge is 0.348 e. The fourth-order valence-electron chi connectivity index (χ4n) is 2.57. The van der Waals surface area contributed by atoms with Crippen molar-refractivity contribution < 1.29 is 13.2 Å². The predicted molar refractivity (Wildman–Crippen MR) is 97.0 cm³/mol. The van der Waals surface area contributed by atoms with Crippen LogP contribution >= 0.6 is 0 Å². The van der Waals surface area contributed by atoms with Crippen LogP contribution in [0.4, 0.5) is 0 Å². The quantitative estimate of drug-likeness (QED) is 0.717. The van der Waals surface area contributed by atoms with Crippen LogP contribution in [0.25, 0.3) is 10.9 Å². The summed E-state index contributed by atoms with van der Waals surface area (Å²) in [6, 6.07) is 3.33. The van der Waals surface area contributed by atoms with Gasteiger partial charge in [0.2, 0.25) is 10.0 Å². The predicted octanol–water partition coefficient (Wildman–Crippen LogP) is 1.38. The van der Waals surface area contributed by atoms with Crippen molar-refractivity contribution in [3.05, 3.63) is 44.1 Å². The summed E-state index contributed by atoms with van der Waals surface area (Å²) >= 11 is 0. The molecule has 2 rings (SSSR count). The van der Waals surface area contributed by atoms with Gasteiger partial charge in [0, 0.05) is 6.61 Å². The molecular weight excluding hydrogens is 346 g/mol. The van der Waals surface area contributed by atoms with E-state index in [1.54, 1.807) is 12.1 Å². The second kappa shape index (κ2) is 7.40. The Labute approximate surface area is 145 Å². The number of hydrogen-bond donors (Lipinski definition) is 2. The van der Waals surface area contributed by atoms with Crippen LogP contribution in [0.1, 0.15) is 43.9 Å². The topological polar surface area (TPSA) is 110 Å². The average molecular weight is 369 g/mol. The Balaban J connectivity index is 2.56. The number of aromatic nitrogens is 2. The fraction of sp³-hybridized carbons (Fsp3) is 0.500. The van der Waals surface area contributed by atoms with E-state index in [2.05, 4.69) is 11.9 Å². The molecule has 9 heteroatoms. The Hall–Kier alpha value is -2.13. The second-order valence-electron chi connectivity index (χ2n) is 6.06. The van der Waals surface area contributed by atoms with Crippen molar-refractivity contribution in [1.82, 2.24) is 9.66 Å². The van der Waals surface area contributed by atoms with Gasteiger partial charge in [-0.15, -0.1) is 0 Å². The molecule has 1 atom stereocenters. The van der Waals surface area contributed by atoms with Gasteiger partial charge < -0.3 is 9.72 Å². The van der Waals surface area contributed by atoms with Gasteiger partial charge in [-0.1, -0.05) is 13.3 Å². The zero-order valence-electron chi connectivity index (χ0n) is 14.8. The molecule has 0 bridgehead atoms. The highest BCUT2D eigenvalue weighted by atomic mass is 32.2. The van der Waals surface area contributed by atoms with Crippen LogP contribution in [0, 0.1) is 6.92 Å². The third-order valence-corrected chi connectivity index (χ3v) is 4.36. The number of hydrogen-bond acceptors (Lipinski definition) is 5. The Kier molecular flexibility index (Phi) is 5.69. The molecule has 0 amide bonds. The number of H-pyrrole nitrogens is 1.